The van der Waals surface area contributed by atoms with Gasteiger partial charge in [-0.25, -0.2) is 4.39 Å². The lowest BCUT2D eigenvalue weighted by Gasteiger charge is -2.00. The van der Waals surface area contributed by atoms with E-state index in [2.05, 4.69) is 0 Å². The highest BCUT2D eigenvalue weighted by Gasteiger charge is 2.06. The summed E-state index contributed by atoms with van der Waals surface area (Å²) in [6.45, 7) is 2.00. The summed E-state index contributed by atoms with van der Waals surface area (Å²) < 4.78 is 13.3. The maximum absolute atomic E-state index is 13.3. The molecule has 0 nitrogen and oxygen atoms in total. The number of halogens is 1. The SMILES string of the molecule is Cc1ccsc1-c1ccccc1F. The molecule has 0 aliphatic heterocycles. The Morgan fingerprint density at radius 2 is 1.92 bits per heavy atom. The second-order valence-corrected chi connectivity index (χ2v) is 3.83. The molecule has 0 N–H and O–H groups in total. The monoisotopic (exact) mass is 192 g/mol. The molecule has 0 amide bonds. The number of rotatable bonds is 1. The summed E-state index contributed by atoms with van der Waals surface area (Å²) in [7, 11) is 0. The molecule has 0 atom stereocenters. The van der Waals surface area contributed by atoms with Gasteiger partial charge in [0.1, 0.15) is 5.82 Å². The first kappa shape index (κ1) is 8.45. The average Bonchev–Trinajstić information content (AvgIpc) is 2.52. The van der Waals surface area contributed by atoms with Crippen molar-refractivity contribution in [3.63, 3.8) is 0 Å². The van der Waals surface area contributed by atoms with Crippen LogP contribution in [0.1, 0.15) is 5.56 Å². The fourth-order valence-corrected chi connectivity index (χ4v) is 2.25. The number of aryl methyl sites for hydroxylation is 1. The minimum absolute atomic E-state index is 0.145. The van der Waals surface area contributed by atoms with Crippen molar-refractivity contribution in [2.45, 2.75) is 6.92 Å². The van der Waals surface area contributed by atoms with Crippen LogP contribution in [0.2, 0.25) is 0 Å². The Labute approximate surface area is 80.7 Å². The quantitative estimate of drug-likeness (QED) is 0.643. The van der Waals surface area contributed by atoms with Crippen molar-refractivity contribution in [3.05, 3.63) is 47.1 Å². The lowest BCUT2D eigenvalue weighted by molar-refractivity contribution is 0.631. The molecule has 1 aromatic carbocycles. The minimum Gasteiger partial charge on any atom is -0.206 e. The summed E-state index contributed by atoms with van der Waals surface area (Å²) >= 11 is 1.58. The van der Waals surface area contributed by atoms with Gasteiger partial charge in [-0.2, -0.15) is 0 Å². The van der Waals surface area contributed by atoms with Crippen molar-refractivity contribution < 1.29 is 4.39 Å². The smallest absolute Gasteiger partial charge is 0.131 e. The predicted octanol–water partition coefficient (Wildman–Crippen LogP) is 3.86. The maximum atomic E-state index is 13.3. The highest BCUT2D eigenvalue weighted by atomic mass is 32.1. The van der Waals surface area contributed by atoms with E-state index in [9.17, 15) is 4.39 Å². The number of benzene rings is 1. The molecule has 2 aromatic rings. The molecule has 13 heavy (non-hydrogen) atoms. The van der Waals surface area contributed by atoms with Gasteiger partial charge < -0.3 is 0 Å². The van der Waals surface area contributed by atoms with Crippen molar-refractivity contribution >= 4 is 11.3 Å². The van der Waals surface area contributed by atoms with E-state index in [4.69, 9.17) is 0 Å². The molecule has 0 spiro atoms. The maximum Gasteiger partial charge on any atom is 0.131 e. The van der Waals surface area contributed by atoms with Crippen LogP contribution in [0.15, 0.2) is 35.7 Å². The lowest BCUT2D eigenvalue weighted by Crippen LogP contribution is -1.81. The summed E-state index contributed by atoms with van der Waals surface area (Å²) in [5.74, 6) is -0.145. The molecule has 0 bridgehead atoms. The van der Waals surface area contributed by atoms with E-state index in [-0.39, 0.29) is 5.82 Å². The molecule has 2 rings (SSSR count). The zero-order valence-corrected chi connectivity index (χ0v) is 8.07. The molecule has 0 fully saturated rings. The molecule has 2 heteroatoms. The lowest BCUT2D eigenvalue weighted by atomic mass is 10.1. The zero-order valence-electron chi connectivity index (χ0n) is 7.25. The molecule has 0 saturated carbocycles. The van der Waals surface area contributed by atoms with Crippen molar-refractivity contribution in [2.75, 3.05) is 0 Å². The van der Waals surface area contributed by atoms with Crippen LogP contribution >= 0.6 is 11.3 Å². The van der Waals surface area contributed by atoms with Gasteiger partial charge in [-0.3, -0.25) is 0 Å². The Bertz CT molecular complexity index is 418. The Balaban J connectivity index is 2.59. The summed E-state index contributed by atoms with van der Waals surface area (Å²) in [5, 5.41) is 1.98. The fraction of sp³-hybridized carbons (Fsp3) is 0.0909. The van der Waals surface area contributed by atoms with E-state index in [1.165, 1.54) is 6.07 Å². The third-order valence-electron chi connectivity index (χ3n) is 1.98. The summed E-state index contributed by atoms with van der Waals surface area (Å²) in [5.41, 5.74) is 1.84. The minimum atomic E-state index is -0.145. The molecule has 1 aromatic heterocycles. The third kappa shape index (κ3) is 1.49. The van der Waals surface area contributed by atoms with Crippen LogP contribution in [0.25, 0.3) is 10.4 Å². The first-order chi connectivity index (χ1) is 6.29. The van der Waals surface area contributed by atoms with Crippen molar-refractivity contribution in [1.29, 1.82) is 0 Å². The van der Waals surface area contributed by atoms with E-state index >= 15 is 0 Å². The van der Waals surface area contributed by atoms with Gasteiger partial charge in [0.15, 0.2) is 0 Å². The second kappa shape index (κ2) is 3.30. The zero-order chi connectivity index (χ0) is 9.26. The van der Waals surface area contributed by atoms with E-state index in [1.807, 2.05) is 30.5 Å². The van der Waals surface area contributed by atoms with Gasteiger partial charge >= 0.3 is 0 Å². The molecule has 0 radical (unpaired) electrons. The van der Waals surface area contributed by atoms with E-state index in [1.54, 1.807) is 17.4 Å². The number of hydrogen-bond donors (Lipinski definition) is 0. The first-order valence-electron chi connectivity index (χ1n) is 4.08. The van der Waals surface area contributed by atoms with Crippen LogP contribution in [0.4, 0.5) is 4.39 Å². The van der Waals surface area contributed by atoms with E-state index in [0.717, 1.165) is 10.4 Å². The summed E-state index contributed by atoms with van der Waals surface area (Å²) in [6.07, 6.45) is 0. The van der Waals surface area contributed by atoms with Crippen LogP contribution in [0.5, 0.6) is 0 Å². The first-order valence-corrected chi connectivity index (χ1v) is 4.96. The topological polar surface area (TPSA) is 0 Å². The molecular formula is C11H9FS. The van der Waals surface area contributed by atoms with Crippen LogP contribution in [0, 0.1) is 12.7 Å². The molecule has 0 aliphatic rings. The summed E-state index contributed by atoms with van der Waals surface area (Å²) in [6, 6.07) is 8.88. The van der Waals surface area contributed by atoms with Crippen LogP contribution in [-0.4, -0.2) is 0 Å². The van der Waals surface area contributed by atoms with Crippen molar-refractivity contribution in [2.24, 2.45) is 0 Å². The van der Waals surface area contributed by atoms with Crippen LogP contribution in [0.3, 0.4) is 0 Å². The van der Waals surface area contributed by atoms with Gasteiger partial charge in [0.05, 0.1) is 0 Å². The molecule has 1 heterocycles. The Hall–Kier alpha value is -1.15. The van der Waals surface area contributed by atoms with Gasteiger partial charge in [0.25, 0.3) is 0 Å². The second-order valence-electron chi connectivity index (χ2n) is 2.91. The van der Waals surface area contributed by atoms with Crippen molar-refractivity contribution in [3.8, 4) is 10.4 Å². The third-order valence-corrected chi connectivity index (χ3v) is 3.03. The van der Waals surface area contributed by atoms with E-state index in [0.29, 0.717) is 5.56 Å². The average molecular weight is 192 g/mol. The van der Waals surface area contributed by atoms with Gasteiger partial charge in [0.2, 0.25) is 0 Å². The van der Waals surface area contributed by atoms with Crippen LogP contribution < -0.4 is 0 Å². The van der Waals surface area contributed by atoms with Crippen LogP contribution in [-0.2, 0) is 0 Å². The highest BCUT2D eigenvalue weighted by molar-refractivity contribution is 7.13. The standard InChI is InChI=1S/C11H9FS/c1-8-6-7-13-11(8)9-4-2-3-5-10(9)12/h2-7H,1H3. The molecule has 0 saturated heterocycles. The van der Waals surface area contributed by atoms with Gasteiger partial charge in [-0.1, -0.05) is 18.2 Å². The van der Waals surface area contributed by atoms with E-state index < -0.39 is 0 Å². The number of hydrogen-bond acceptors (Lipinski definition) is 1. The molecule has 0 aliphatic carbocycles. The normalized spacial score (nSPS) is 10.3. The largest absolute Gasteiger partial charge is 0.206 e. The number of thiophene rings is 1. The molecule has 0 unspecified atom stereocenters. The molecular weight excluding hydrogens is 183 g/mol. The van der Waals surface area contributed by atoms with Crippen molar-refractivity contribution in [1.82, 2.24) is 0 Å². The fourth-order valence-electron chi connectivity index (χ4n) is 1.29. The molecule has 66 valence electrons. The van der Waals surface area contributed by atoms with Gasteiger partial charge in [-0.05, 0) is 30.0 Å². The Kier molecular flexibility index (Phi) is 2.15. The Morgan fingerprint density at radius 1 is 1.15 bits per heavy atom. The Morgan fingerprint density at radius 3 is 2.54 bits per heavy atom. The highest BCUT2D eigenvalue weighted by Crippen LogP contribution is 2.30. The van der Waals surface area contributed by atoms with Gasteiger partial charge in [-0.15, -0.1) is 11.3 Å². The summed E-state index contributed by atoms with van der Waals surface area (Å²) in [4.78, 5) is 1.03. The predicted molar refractivity (Wildman–Crippen MR) is 54.5 cm³/mol. The van der Waals surface area contributed by atoms with Gasteiger partial charge in [0, 0.05) is 10.4 Å².